The van der Waals surface area contributed by atoms with Gasteiger partial charge in [-0.2, -0.15) is 16.5 Å². The van der Waals surface area contributed by atoms with Gasteiger partial charge in [0.1, 0.15) is 6.04 Å². The summed E-state index contributed by atoms with van der Waals surface area (Å²) in [6.07, 6.45) is 2.26. The van der Waals surface area contributed by atoms with Gasteiger partial charge in [0, 0.05) is 0 Å². The number of carbonyl (C=O) groups is 1. The van der Waals surface area contributed by atoms with Crippen LogP contribution in [-0.4, -0.2) is 32.4 Å². The third-order valence-corrected chi connectivity index (χ3v) is 4.71. The molecule has 0 spiro atoms. The van der Waals surface area contributed by atoms with E-state index >= 15 is 0 Å². The first-order chi connectivity index (χ1) is 8.86. The van der Waals surface area contributed by atoms with Gasteiger partial charge in [-0.15, -0.1) is 0 Å². The van der Waals surface area contributed by atoms with E-state index < -0.39 is 22.0 Å². The molecule has 3 N–H and O–H groups in total. The summed E-state index contributed by atoms with van der Waals surface area (Å²) in [7, 11) is -3.71. The number of amides is 1. The molecule has 0 aliphatic carbocycles. The molecule has 0 heterocycles. The van der Waals surface area contributed by atoms with Crippen molar-refractivity contribution in [3.63, 3.8) is 0 Å². The Morgan fingerprint density at radius 1 is 1.37 bits per heavy atom. The Morgan fingerprint density at radius 2 is 1.95 bits per heavy atom. The molecule has 0 unspecified atom stereocenters. The monoisotopic (exact) mass is 302 g/mol. The Balaban J connectivity index is 2.87. The van der Waals surface area contributed by atoms with E-state index in [-0.39, 0.29) is 4.90 Å². The molecule has 19 heavy (non-hydrogen) atoms. The molecule has 0 saturated carbocycles. The second-order valence-electron chi connectivity index (χ2n) is 4.17. The number of benzene rings is 1. The van der Waals surface area contributed by atoms with Gasteiger partial charge in [0.15, 0.2) is 0 Å². The largest absolute Gasteiger partial charge is 0.368 e. The number of sulfonamides is 1. The molecule has 7 heteroatoms. The highest BCUT2D eigenvalue weighted by Crippen LogP contribution is 2.11. The number of nitrogens with one attached hydrogen (secondary N) is 1. The molecule has 0 aliphatic heterocycles. The number of nitrogens with two attached hydrogens (primary N) is 1. The van der Waals surface area contributed by atoms with Crippen LogP contribution >= 0.6 is 11.8 Å². The topological polar surface area (TPSA) is 89.3 Å². The van der Waals surface area contributed by atoms with Gasteiger partial charge in [0.25, 0.3) is 0 Å². The SMILES string of the molecule is CSCC[C@H](NS(=O)(=O)c1ccc(C)cc1)C(N)=O. The maximum Gasteiger partial charge on any atom is 0.241 e. The molecular formula is C12H18N2O3S2. The van der Waals surface area contributed by atoms with E-state index in [1.165, 1.54) is 23.9 Å². The number of rotatable bonds is 7. The van der Waals surface area contributed by atoms with Gasteiger partial charge in [-0.05, 0) is 37.5 Å². The molecule has 0 fully saturated rings. The van der Waals surface area contributed by atoms with Gasteiger partial charge < -0.3 is 5.73 Å². The Bertz CT molecular complexity index is 526. The van der Waals surface area contributed by atoms with Crippen LogP contribution in [0.5, 0.6) is 0 Å². The van der Waals surface area contributed by atoms with Gasteiger partial charge in [-0.25, -0.2) is 8.42 Å². The minimum Gasteiger partial charge on any atom is -0.368 e. The van der Waals surface area contributed by atoms with Gasteiger partial charge >= 0.3 is 0 Å². The standard InChI is InChI=1S/C12H18N2O3S2/c1-9-3-5-10(6-4-9)19(16,17)14-11(12(13)15)7-8-18-2/h3-6,11,14H,7-8H2,1-2H3,(H2,13,15)/t11-/m0/s1. The van der Waals surface area contributed by atoms with E-state index in [0.717, 1.165) is 5.56 Å². The lowest BCUT2D eigenvalue weighted by Gasteiger charge is -2.15. The van der Waals surface area contributed by atoms with Gasteiger partial charge in [-0.3, -0.25) is 4.79 Å². The molecule has 5 nitrogen and oxygen atoms in total. The molecule has 1 rings (SSSR count). The van der Waals surface area contributed by atoms with Crippen LogP contribution in [0.3, 0.4) is 0 Å². The Hall–Kier alpha value is -1.05. The van der Waals surface area contributed by atoms with Crippen molar-refractivity contribution in [3.05, 3.63) is 29.8 Å². The van der Waals surface area contributed by atoms with Crippen molar-refractivity contribution in [2.24, 2.45) is 5.73 Å². The van der Waals surface area contributed by atoms with Gasteiger partial charge in [-0.1, -0.05) is 17.7 Å². The van der Waals surface area contributed by atoms with E-state index in [1.54, 1.807) is 12.1 Å². The van der Waals surface area contributed by atoms with Crippen LogP contribution in [0.25, 0.3) is 0 Å². The summed E-state index contributed by atoms with van der Waals surface area (Å²) in [6.45, 7) is 1.87. The molecule has 1 atom stereocenters. The average molecular weight is 302 g/mol. The summed E-state index contributed by atoms with van der Waals surface area (Å²) >= 11 is 1.53. The maximum absolute atomic E-state index is 12.1. The zero-order chi connectivity index (χ0) is 14.5. The highest BCUT2D eigenvalue weighted by Gasteiger charge is 2.23. The summed E-state index contributed by atoms with van der Waals surface area (Å²) in [4.78, 5) is 11.4. The summed E-state index contributed by atoms with van der Waals surface area (Å²) in [5, 5.41) is 0. The first-order valence-corrected chi connectivity index (χ1v) is 8.62. The quantitative estimate of drug-likeness (QED) is 0.782. The number of carbonyl (C=O) groups excluding carboxylic acids is 1. The van der Waals surface area contributed by atoms with Crippen LogP contribution in [0.2, 0.25) is 0 Å². The normalized spacial score (nSPS) is 13.2. The number of hydrogen-bond donors (Lipinski definition) is 2. The van der Waals surface area contributed by atoms with Crippen LogP contribution < -0.4 is 10.5 Å². The van der Waals surface area contributed by atoms with Gasteiger partial charge in [0.2, 0.25) is 15.9 Å². The highest BCUT2D eigenvalue weighted by molar-refractivity contribution is 7.98. The second kappa shape index (κ2) is 6.93. The summed E-state index contributed by atoms with van der Waals surface area (Å²) < 4.78 is 26.5. The zero-order valence-corrected chi connectivity index (χ0v) is 12.6. The number of primary amides is 1. The number of hydrogen-bond acceptors (Lipinski definition) is 4. The minimum absolute atomic E-state index is 0.133. The first kappa shape index (κ1) is 16.0. The molecule has 0 bridgehead atoms. The van der Waals surface area contributed by atoms with E-state index in [4.69, 9.17) is 5.73 Å². The molecule has 1 aromatic rings. The fourth-order valence-electron chi connectivity index (χ4n) is 1.47. The minimum atomic E-state index is -3.71. The predicted octanol–water partition coefficient (Wildman–Crippen LogP) is 0.880. The summed E-state index contributed by atoms with van der Waals surface area (Å²) in [5.74, 6) is -0.00551. The van der Waals surface area contributed by atoms with E-state index in [2.05, 4.69) is 4.72 Å². The third-order valence-electron chi connectivity index (χ3n) is 2.58. The zero-order valence-electron chi connectivity index (χ0n) is 10.9. The highest BCUT2D eigenvalue weighted by atomic mass is 32.2. The third kappa shape index (κ3) is 4.85. The molecule has 1 aromatic carbocycles. The van der Waals surface area contributed by atoms with Crippen molar-refractivity contribution in [1.82, 2.24) is 4.72 Å². The van der Waals surface area contributed by atoms with Crippen molar-refractivity contribution in [2.45, 2.75) is 24.3 Å². The summed E-state index contributed by atoms with van der Waals surface area (Å²) in [6, 6.07) is 5.54. The van der Waals surface area contributed by atoms with Crippen molar-refractivity contribution >= 4 is 27.7 Å². The molecular weight excluding hydrogens is 284 g/mol. The molecule has 0 aromatic heterocycles. The molecule has 106 valence electrons. The van der Waals surface area contributed by atoms with Crippen LogP contribution in [0.1, 0.15) is 12.0 Å². The Labute approximate surface area is 118 Å². The van der Waals surface area contributed by atoms with Crippen molar-refractivity contribution in [2.75, 3.05) is 12.0 Å². The number of aryl methyl sites for hydroxylation is 1. The molecule has 0 saturated heterocycles. The Kier molecular flexibility index (Phi) is 5.84. The van der Waals surface area contributed by atoms with Gasteiger partial charge in [0.05, 0.1) is 4.90 Å². The number of thioether (sulfide) groups is 1. The van der Waals surface area contributed by atoms with Crippen LogP contribution in [-0.2, 0) is 14.8 Å². The molecule has 0 radical (unpaired) electrons. The van der Waals surface area contributed by atoms with Crippen molar-refractivity contribution in [3.8, 4) is 0 Å². The molecule has 1 amide bonds. The lowest BCUT2D eigenvalue weighted by atomic mass is 10.2. The van der Waals surface area contributed by atoms with E-state index in [0.29, 0.717) is 12.2 Å². The fraction of sp³-hybridized carbons (Fsp3) is 0.417. The van der Waals surface area contributed by atoms with Crippen LogP contribution in [0.15, 0.2) is 29.2 Å². The van der Waals surface area contributed by atoms with E-state index in [1.807, 2.05) is 13.2 Å². The fourth-order valence-corrected chi connectivity index (χ4v) is 3.18. The lowest BCUT2D eigenvalue weighted by molar-refractivity contribution is -0.119. The lowest BCUT2D eigenvalue weighted by Crippen LogP contribution is -2.44. The van der Waals surface area contributed by atoms with E-state index in [9.17, 15) is 13.2 Å². The van der Waals surface area contributed by atoms with Crippen LogP contribution in [0, 0.1) is 6.92 Å². The maximum atomic E-state index is 12.1. The second-order valence-corrected chi connectivity index (χ2v) is 6.87. The smallest absolute Gasteiger partial charge is 0.241 e. The predicted molar refractivity (Wildman–Crippen MR) is 77.5 cm³/mol. The Morgan fingerprint density at radius 3 is 2.42 bits per heavy atom. The van der Waals surface area contributed by atoms with Crippen molar-refractivity contribution < 1.29 is 13.2 Å². The summed E-state index contributed by atoms with van der Waals surface area (Å²) in [5.41, 5.74) is 6.18. The molecule has 0 aliphatic rings. The van der Waals surface area contributed by atoms with Crippen molar-refractivity contribution in [1.29, 1.82) is 0 Å². The van der Waals surface area contributed by atoms with Crippen LogP contribution in [0.4, 0.5) is 0 Å². The average Bonchev–Trinajstić information content (AvgIpc) is 2.34. The first-order valence-electron chi connectivity index (χ1n) is 5.74.